The van der Waals surface area contributed by atoms with Gasteiger partial charge in [-0.25, -0.2) is 0 Å². The Hall–Kier alpha value is -8.42. The molecular weight excluding hydrogens is 903 g/mol. The van der Waals surface area contributed by atoms with Crippen molar-refractivity contribution in [2.45, 2.75) is 78.2 Å². The van der Waals surface area contributed by atoms with Gasteiger partial charge in [0.15, 0.2) is 0 Å². The second-order valence-corrected chi connectivity index (χ2v) is 19.6. The molecule has 370 valence electrons. The molecular formula is C67H67N7. The first kappa shape index (κ1) is 47.9. The second-order valence-electron chi connectivity index (χ2n) is 19.6. The quantitative estimate of drug-likeness (QED) is 0.106. The van der Waals surface area contributed by atoms with Crippen molar-refractivity contribution in [3.8, 4) is 0 Å². The molecule has 3 N–H and O–H groups in total. The maximum absolute atomic E-state index is 4.24. The summed E-state index contributed by atoms with van der Waals surface area (Å²) in [6.07, 6.45) is 25.4. The molecule has 3 unspecified atom stereocenters. The van der Waals surface area contributed by atoms with Crippen LogP contribution in [0.2, 0.25) is 0 Å². The first-order chi connectivity index (χ1) is 36.4. The van der Waals surface area contributed by atoms with Crippen molar-refractivity contribution in [2.75, 3.05) is 20.4 Å². The van der Waals surface area contributed by atoms with Crippen LogP contribution >= 0.6 is 0 Å². The SMILES string of the molecule is C=C/C=C(\C=C(/C)c1ccccc1Nc1ccccc1)N1c2cc3c(cc2NC1C1=CCCC=C1)c1c(n3C)CC2C(=C1)NC(c1ccccc1)N2C1=CC=C(N(c2ccccc2)c2ccccc2C)CC1.CC. The highest BCUT2D eigenvalue weighted by molar-refractivity contribution is 6.01. The number of allylic oxidation sites excluding steroid dienone is 10. The molecule has 5 aliphatic rings. The first-order valence-electron chi connectivity index (χ1n) is 26.5. The van der Waals surface area contributed by atoms with E-state index in [9.17, 15) is 0 Å². The smallest absolute Gasteiger partial charge is 0.130 e. The average Bonchev–Trinajstić information content (AvgIpc) is 4.11. The van der Waals surface area contributed by atoms with Crippen LogP contribution in [0.25, 0.3) is 22.6 Å². The third kappa shape index (κ3) is 8.97. The van der Waals surface area contributed by atoms with Crippen LogP contribution in [0.4, 0.5) is 34.1 Å². The summed E-state index contributed by atoms with van der Waals surface area (Å²) >= 11 is 0. The maximum atomic E-state index is 4.24. The van der Waals surface area contributed by atoms with E-state index in [0.717, 1.165) is 71.7 Å². The van der Waals surface area contributed by atoms with E-state index in [1.807, 2.05) is 26.0 Å². The van der Waals surface area contributed by atoms with Crippen LogP contribution in [0.1, 0.15) is 80.6 Å². The number of rotatable bonds is 12. The van der Waals surface area contributed by atoms with Gasteiger partial charge in [0, 0.05) is 81.2 Å². The number of aromatic nitrogens is 1. The molecule has 3 atom stereocenters. The lowest BCUT2D eigenvalue weighted by Crippen LogP contribution is -2.36. The molecule has 12 rings (SSSR count). The zero-order chi connectivity index (χ0) is 50.7. The van der Waals surface area contributed by atoms with E-state index in [2.05, 4.69) is 257 Å². The van der Waals surface area contributed by atoms with Crippen LogP contribution in [0, 0.1) is 6.92 Å². The number of fused-ring (bicyclic) bond motifs is 5. The Labute approximate surface area is 438 Å². The van der Waals surface area contributed by atoms with Crippen molar-refractivity contribution in [3.63, 3.8) is 0 Å². The Morgan fingerprint density at radius 2 is 1.51 bits per heavy atom. The van der Waals surface area contributed by atoms with Crippen molar-refractivity contribution in [3.05, 3.63) is 263 Å². The van der Waals surface area contributed by atoms with Gasteiger partial charge in [-0.1, -0.05) is 148 Å². The third-order valence-electron chi connectivity index (χ3n) is 15.1. The van der Waals surface area contributed by atoms with Gasteiger partial charge in [-0.15, -0.1) is 0 Å². The average molecular weight is 970 g/mol. The molecule has 0 amide bonds. The van der Waals surface area contributed by atoms with Gasteiger partial charge in [0.05, 0.1) is 22.9 Å². The molecule has 1 aromatic heterocycles. The van der Waals surface area contributed by atoms with E-state index in [0.29, 0.717) is 0 Å². The number of hydrogen-bond acceptors (Lipinski definition) is 6. The molecule has 3 aliphatic carbocycles. The molecule has 0 bridgehead atoms. The minimum Gasteiger partial charge on any atom is -0.363 e. The predicted molar refractivity (Wildman–Crippen MR) is 313 cm³/mol. The molecule has 0 radical (unpaired) electrons. The summed E-state index contributed by atoms with van der Waals surface area (Å²) < 4.78 is 2.47. The van der Waals surface area contributed by atoms with Gasteiger partial charge in [-0.05, 0) is 141 Å². The number of nitrogens with zero attached hydrogens (tertiary/aromatic N) is 4. The Morgan fingerprint density at radius 1 is 0.784 bits per heavy atom. The van der Waals surface area contributed by atoms with Crippen molar-refractivity contribution < 1.29 is 0 Å². The first-order valence-corrected chi connectivity index (χ1v) is 26.5. The number of para-hydroxylation sites is 4. The molecule has 1 fully saturated rings. The highest BCUT2D eigenvalue weighted by Gasteiger charge is 2.43. The topological polar surface area (TPSA) is 50.7 Å². The summed E-state index contributed by atoms with van der Waals surface area (Å²) in [5, 5.41) is 13.1. The standard InChI is InChI=1S/C65H61N7.C2H6/c1-5-22-52(39-45(3)53-32-19-20-33-56(53)66-48-28-14-8-15-29-48)72-63-43-61-55(41-58(63)68-65(72)47-26-12-7-13-27-47)54-40-57-62(42-60(54)69(61)4)71(64(67-57)46-24-10-6-11-25-46)51-37-35-50(36-38-51)70(49-30-16-9-17-31-49)59-34-21-18-23-44(59)2;1-2/h5-6,8-12,14-35,37,39-41,43,62,64-68H,1,7,13,36,38,42H2,2-4H3;1-2H3/b45-39+,52-22+;. The van der Waals surface area contributed by atoms with Crippen molar-refractivity contribution in [2.24, 2.45) is 7.05 Å². The van der Waals surface area contributed by atoms with Crippen molar-refractivity contribution in [1.82, 2.24) is 14.8 Å². The van der Waals surface area contributed by atoms with Gasteiger partial charge in [0.2, 0.25) is 0 Å². The molecule has 0 saturated carbocycles. The predicted octanol–water partition coefficient (Wildman–Crippen LogP) is 16.5. The van der Waals surface area contributed by atoms with E-state index in [4.69, 9.17) is 0 Å². The zero-order valence-electron chi connectivity index (χ0n) is 43.4. The van der Waals surface area contributed by atoms with Crippen LogP contribution in [-0.4, -0.2) is 21.7 Å². The van der Waals surface area contributed by atoms with Crippen LogP contribution in [0.5, 0.6) is 0 Å². The molecule has 3 heterocycles. The Kier molecular flexibility index (Phi) is 13.6. The van der Waals surface area contributed by atoms with Crippen molar-refractivity contribution in [1.29, 1.82) is 0 Å². The monoisotopic (exact) mass is 970 g/mol. The summed E-state index contributed by atoms with van der Waals surface area (Å²) in [6.45, 7) is 12.7. The second kappa shape index (κ2) is 21.0. The van der Waals surface area contributed by atoms with Gasteiger partial charge in [0.1, 0.15) is 12.3 Å². The van der Waals surface area contributed by atoms with Crippen molar-refractivity contribution >= 4 is 56.7 Å². The van der Waals surface area contributed by atoms with Gasteiger partial charge < -0.3 is 35.2 Å². The molecule has 0 spiro atoms. The number of hydrogen-bond donors (Lipinski definition) is 3. The van der Waals surface area contributed by atoms with Gasteiger partial charge in [0.25, 0.3) is 0 Å². The minimum atomic E-state index is -0.0913. The number of anilines is 6. The Bertz CT molecular complexity index is 3440. The lowest BCUT2D eigenvalue weighted by Gasteiger charge is -2.37. The molecule has 1 saturated heterocycles. The number of aryl methyl sites for hydroxylation is 2. The maximum Gasteiger partial charge on any atom is 0.130 e. The summed E-state index contributed by atoms with van der Waals surface area (Å²) in [4.78, 5) is 7.61. The highest BCUT2D eigenvalue weighted by atomic mass is 15.4. The third-order valence-corrected chi connectivity index (χ3v) is 15.1. The highest BCUT2D eigenvalue weighted by Crippen LogP contribution is 2.49. The molecule has 7 aromatic rings. The van der Waals surface area contributed by atoms with E-state index in [1.165, 1.54) is 67.3 Å². The summed E-state index contributed by atoms with van der Waals surface area (Å²) in [5.74, 6) is 0. The van der Waals surface area contributed by atoms with E-state index < -0.39 is 0 Å². The van der Waals surface area contributed by atoms with Crippen LogP contribution in [0.15, 0.2) is 235 Å². The lowest BCUT2D eigenvalue weighted by molar-refractivity contribution is 0.238. The summed E-state index contributed by atoms with van der Waals surface area (Å²) in [5.41, 5.74) is 21.8. The molecule has 7 nitrogen and oxygen atoms in total. The summed E-state index contributed by atoms with van der Waals surface area (Å²) in [7, 11) is 2.27. The van der Waals surface area contributed by atoms with E-state index in [1.54, 1.807) is 0 Å². The molecule has 7 heteroatoms. The Morgan fingerprint density at radius 3 is 2.24 bits per heavy atom. The number of nitrogens with one attached hydrogen (secondary N) is 3. The Balaban J connectivity index is 0.00000291. The van der Waals surface area contributed by atoms with Gasteiger partial charge in [-0.3, -0.25) is 0 Å². The van der Waals surface area contributed by atoms with E-state index in [-0.39, 0.29) is 18.4 Å². The zero-order valence-corrected chi connectivity index (χ0v) is 43.4. The van der Waals surface area contributed by atoms with Gasteiger partial charge >= 0.3 is 0 Å². The van der Waals surface area contributed by atoms with Crippen LogP contribution in [0.3, 0.4) is 0 Å². The van der Waals surface area contributed by atoms with E-state index >= 15 is 0 Å². The molecule has 2 aliphatic heterocycles. The lowest BCUT2D eigenvalue weighted by atomic mass is 9.94. The normalized spacial score (nSPS) is 18.9. The minimum absolute atomic E-state index is 0.00976. The van der Waals surface area contributed by atoms with Crippen LogP contribution in [-0.2, 0) is 13.5 Å². The largest absolute Gasteiger partial charge is 0.363 e. The van der Waals surface area contributed by atoms with Gasteiger partial charge in [-0.2, -0.15) is 0 Å². The fraction of sp³-hybridized carbons (Fsp3) is 0.194. The summed E-state index contributed by atoms with van der Waals surface area (Å²) in [6, 6.07) is 54.5. The fourth-order valence-electron chi connectivity index (χ4n) is 11.7. The molecule has 6 aromatic carbocycles. The fourth-order valence-corrected chi connectivity index (χ4v) is 11.7. The number of benzene rings is 6. The van der Waals surface area contributed by atoms with Crippen LogP contribution < -0.4 is 25.8 Å². The molecule has 74 heavy (non-hydrogen) atoms.